The lowest BCUT2D eigenvalue weighted by Crippen LogP contribution is -2.36. The molecule has 0 spiro atoms. The molecule has 0 saturated carbocycles. The summed E-state index contributed by atoms with van der Waals surface area (Å²) in [6.07, 6.45) is 0.801. The number of nitrogens with zero attached hydrogens (tertiary/aromatic N) is 3. The van der Waals surface area contributed by atoms with Crippen LogP contribution in [0.5, 0.6) is 0 Å². The van der Waals surface area contributed by atoms with Gasteiger partial charge in [-0.15, -0.1) is 0 Å². The van der Waals surface area contributed by atoms with Crippen LogP contribution in [0.1, 0.15) is 31.8 Å². The second kappa shape index (κ2) is 7.68. The van der Waals surface area contributed by atoms with Crippen LogP contribution in [0.2, 0.25) is 0 Å². The highest BCUT2D eigenvalue weighted by molar-refractivity contribution is 7.00. The molecular weight excluding hydrogens is 396 g/mol. The second-order valence-electron chi connectivity index (χ2n) is 7.25. The number of hydrogen-bond donors (Lipinski definition) is 1. The summed E-state index contributed by atoms with van der Waals surface area (Å²) in [5.41, 5.74) is 5.71. The van der Waals surface area contributed by atoms with Crippen molar-refractivity contribution in [2.45, 2.75) is 13.0 Å². The Balaban J connectivity index is 1.34. The average Bonchev–Trinajstić information content (AvgIpc) is 3.26. The number of carbonyl (C=O) groups is 2. The molecule has 2 amide bonds. The molecule has 0 atom stereocenters. The highest BCUT2D eigenvalue weighted by atomic mass is 32.1. The van der Waals surface area contributed by atoms with Crippen molar-refractivity contribution in [1.82, 2.24) is 13.6 Å². The maximum Gasteiger partial charge on any atom is 0.255 e. The molecule has 7 heteroatoms. The minimum Gasteiger partial charge on any atom is -0.334 e. The van der Waals surface area contributed by atoms with Crippen molar-refractivity contribution in [3.05, 3.63) is 89.0 Å². The van der Waals surface area contributed by atoms with Crippen molar-refractivity contribution in [1.29, 1.82) is 0 Å². The van der Waals surface area contributed by atoms with E-state index >= 15 is 0 Å². The molecule has 2 heterocycles. The molecule has 6 nitrogen and oxygen atoms in total. The Bertz CT molecular complexity index is 1250. The predicted octanol–water partition coefficient (Wildman–Crippen LogP) is 4.14. The summed E-state index contributed by atoms with van der Waals surface area (Å²) in [4.78, 5) is 27.3. The predicted molar refractivity (Wildman–Crippen MR) is 117 cm³/mol. The molecule has 0 fully saturated rings. The molecule has 1 N–H and O–H groups in total. The molecule has 1 aliphatic heterocycles. The van der Waals surface area contributed by atoms with Crippen molar-refractivity contribution < 1.29 is 9.59 Å². The number of nitrogens with one attached hydrogen (secondary N) is 1. The van der Waals surface area contributed by atoms with Crippen LogP contribution >= 0.6 is 11.7 Å². The van der Waals surface area contributed by atoms with Crippen LogP contribution in [0, 0.1) is 0 Å². The number of anilines is 1. The first-order valence-corrected chi connectivity index (χ1v) is 10.4. The van der Waals surface area contributed by atoms with Crippen molar-refractivity contribution >= 4 is 40.3 Å². The Morgan fingerprint density at radius 3 is 2.57 bits per heavy atom. The summed E-state index contributed by atoms with van der Waals surface area (Å²) in [6, 6.07) is 20.5. The lowest BCUT2D eigenvalue weighted by atomic mass is 9.98. The normalized spacial score (nSPS) is 13.1. The summed E-state index contributed by atoms with van der Waals surface area (Å²) >= 11 is 1.13. The van der Waals surface area contributed by atoms with Crippen LogP contribution in [0.4, 0.5) is 5.69 Å². The van der Waals surface area contributed by atoms with Gasteiger partial charge in [0.1, 0.15) is 11.0 Å². The van der Waals surface area contributed by atoms with E-state index < -0.39 is 0 Å². The standard InChI is InChI=1S/C23H18N4O2S/c28-22(17-7-9-20-21(13-17)26-30-25-20)24-19-8-6-15-10-11-27(14-18(15)12-19)23(29)16-4-2-1-3-5-16/h1-9,12-13H,10-11,14H2,(H,24,28). The molecule has 0 radical (unpaired) electrons. The van der Waals surface area contributed by atoms with E-state index in [1.807, 2.05) is 53.4 Å². The van der Waals surface area contributed by atoms with Crippen LogP contribution in [-0.4, -0.2) is 32.0 Å². The van der Waals surface area contributed by atoms with Gasteiger partial charge in [-0.3, -0.25) is 9.59 Å². The maximum atomic E-state index is 12.8. The first-order chi connectivity index (χ1) is 14.7. The fourth-order valence-corrected chi connectivity index (χ4v) is 4.22. The van der Waals surface area contributed by atoms with Crippen LogP contribution in [-0.2, 0) is 13.0 Å². The van der Waals surface area contributed by atoms with E-state index in [-0.39, 0.29) is 11.8 Å². The van der Waals surface area contributed by atoms with Crippen LogP contribution in [0.15, 0.2) is 66.7 Å². The Morgan fingerprint density at radius 2 is 1.70 bits per heavy atom. The Morgan fingerprint density at radius 1 is 0.867 bits per heavy atom. The topological polar surface area (TPSA) is 75.2 Å². The quantitative estimate of drug-likeness (QED) is 0.547. The molecule has 3 aromatic carbocycles. The van der Waals surface area contributed by atoms with E-state index in [4.69, 9.17) is 0 Å². The van der Waals surface area contributed by atoms with Crippen LogP contribution in [0.25, 0.3) is 11.0 Å². The van der Waals surface area contributed by atoms with Gasteiger partial charge in [-0.2, -0.15) is 8.75 Å². The molecule has 5 rings (SSSR count). The third-order valence-corrected chi connectivity index (χ3v) is 5.86. The number of amides is 2. The SMILES string of the molecule is O=C(Nc1ccc2c(c1)CN(C(=O)c1ccccc1)CC2)c1ccc2nsnc2c1. The Hall–Kier alpha value is -3.58. The van der Waals surface area contributed by atoms with E-state index in [0.717, 1.165) is 29.2 Å². The molecule has 30 heavy (non-hydrogen) atoms. The van der Waals surface area contributed by atoms with Crippen molar-refractivity contribution in [2.75, 3.05) is 11.9 Å². The third-order valence-electron chi connectivity index (χ3n) is 5.30. The molecule has 0 bridgehead atoms. The summed E-state index contributed by atoms with van der Waals surface area (Å²) in [5, 5.41) is 2.95. The molecule has 1 aromatic heterocycles. The highest BCUT2D eigenvalue weighted by Crippen LogP contribution is 2.24. The van der Waals surface area contributed by atoms with E-state index in [2.05, 4.69) is 14.1 Å². The number of rotatable bonds is 3. The molecular formula is C23H18N4O2S. The Kier molecular flexibility index (Phi) is 4.72. The van der Waals surface area contributed by atoms with Gasteiger partial charge >= 0.3 is 0 Å². The van der Waals surface area contributed by atoms with Crippen LogP contribution < -0.4 is 5.32 Å². The minimum absolute atomic E-state index is 0.0286. The molecule has 0 saturated heterocycles. The number of carbonyl (C=O) groups excluding carboxylic acids is 2. The molecule has 4 aromatic rings. The van der Waals surface area contributed by atoms with Crippen LogP contribution in [0.3, 0.4) is 0 Å². The smallest absolute Gasteiger partial charge is 0.255 e. The number of hydrogen-bond acceptors (Lipinski definition) is 5. The fraction of sp³-hybridized carbons (Fsp3) is 0.130. The molecule has 0 aliphatic carbocycles. The van der Waals surface area contributed by atoms with Gasteiger partial charge in [0.15, 0.2) is 0 Å². The largest absolute Gasteiger partial charge is 0.334 e. The van der Waals surface area contributed by atoms with Gasteiger partial charge in [0.25, 0.3) is 11.8 Å². The molecule has 148 valence electrons. The summed E-state index contributed by atoms with van der Waals surface area (Å²) < 4.78 is 8.35. The van der Waals surface area contributed by atoms with E-state index in [1.54, 1.807) is 18.2 Å². The van der Waals surface area contributed by atoms with Crippen molar-refractivity contribution in [2.24, 2.45) is 0 Å². The lowest BCUT2D eigenvalue weighted by Gasteiger charge is -2.29. The van der Waals surface area contributed by atoms with Gasteiger partial charge in [0.2, 0.25) is 0 Å². The summed E-state index contributed by atoms with van der Waals surface area (Å²) in [5.74, 6) is -0.168. The van der Waals surface area contributed by atoms with E-state index in [0.29, 0.717) is 35.4 Å². The lowest BCUT2D eigenvalue weighted by molar-refractivity contribution is 0.0734. The third kappa shape index (κ3) is 3.55. The minimum atomic E-state index is -0.196. The average molecular weight is 414 g/mol. The number of aromatic nitrogens is 2. The zero-order valence-corrected chi connectivity index (χ0v) is 16.9. The van der Waals surface area contributed by atoms with E-state index in [9.17, 15) is 9.59 Å². The van der Waals surface area contributed by atoms with Crippen molar-refractivity contribution in [3.8, 4) is 0 Å². The zero-order valence-electron chi connectivity index (χ0n) is 16.0. The molecule has 1 aliphatic rings. The van der Waals surface area contributed by atoms with Gasteiger partial charge in [-0.25, -0.2) is 0 Å². The molecule has 0 unspecified atom stereocenters. The Labute approximate surface area is 177 Å². The van der Waals surface area contributed by atoms with Gasteiger partial charge in [-0.1, -0.05) is 24.3 Å². The first-order valence-electron chi connectivity index (χ1n) is 9.67. The zero-order chi connectivity index (χ0) is 20.5. The summed E-state index contributed by atoms with van der Waals surface area (Å²) in [7, 11) is 0. The first kappa shape index (κ1) is 18.4. The number of benzene rings is 3. The maximum absolute atomic E-state index is 12.8. The van der Waals surface area contributed by atoms with Gasteiger partial charge < -0.3 is 10.2 Å². The fourth-order valence-electron chi connectivity index (χ4n) is 3.70. The van der Waals surface area contributed by atoms with Gasteiger partial charge in [0.05, 0.1) is 11.7 Å². The summed E-state index contributed by atoms with van der Waals surface area (Å²) in [6.45, 7) is 1.22. The van der Waals surface area contributed by atoms with Crippen molar-refractivity contribution in [3.63, 3.8) is 0 Å². The van der Waals surface area contributed by atoms with Gasteiger partial charge in [-0.05, 0) is 60.0 Å². The highest BCUT2D eigenvalue weighted by Gasteiger charge is 2.22. The second-order valence-corrected chi connectivity index (χ2v) is 7.78. The monoisotopic (exact) mass is 414 g/mol. The van der Waals surface area contributed by atoms with E-state index in [1.165, 1.54) is 5.56 Å². The number of fused-ring (bicyclic) bond motifs is 2. The van der Waals surface area contributed by atoms with Gasteiger partial charge in [0, 0.05) is 29.9 Å².